The van der Waals surface area contributed by atoms with E-state index in [1.165, 1.54) is 17.2 Å². The molecule has 0 aliphatic heterocycles. The minimum absolute atomic E-state index is 0.210. The van der Waals surface area contributed by atoms with Crippen LogP contribution in [0.4, 0.5) is 0 Å². The maximum atomic E-state index is 12.2. The van der Waals surface area contributed by atoms with Gasteiger partial charge in [-0.2, -0.15) is 0 Å². The SMILES string of the molecule is CN(Cc1ccc(Cl)c(Cl)c1)C(=O)c1cc(Cl)ccn1. The molecule has 0 N–H and O–H groups in total. The van der Waals surface area contributed by atoms with Gasteiger partial charge >= 0.3 is 0 Å². The first-order valence-electron chi connectivity index (χ1n) is 5.78. The number of carbonyl (C=O) groups is 1. The number of halogens is 3. The first-order valence-corrected chi connectivity index (χ1v) is 6.91. The predicted octanol–water partition coefficient (Wildman–Crippen LogP) is 4.31. The Balaban J connectivity index is 2.13. The Morgan fingerprint density at radius 2 is 1.90 bits per heavy atom. The molecule has 104 valence electrons. The van der Waals surface area contributed by atoms with Gasteiger partial charge in [0.2, 0.25) is 0 Å². The number of aromatic nitrogens is 1. The van der Waals surface area contributed by atoms with Gasteiger partial charge in [-0.15, -0.1) is 0 Å². The second kappa shape index (κ2) is 6.44. The summed E-state index contributed by atoms with van der Waals surface area (Å²) in [6, 6.07) is 8.42. The fraction of sp³-hybridized carbons (Fsp3) is 0.143. The van der Waals surface area contributed by atoms with Gasteiger partial charge in [-0.3, -0.25) is 9.78 Å². The lowest BCUT2D eigenvalue weighted by atomic mass is 10.2. The van der Waals surface area contributed by atoms with Crippen LogP contribution in [0.15, 0.2) is 36.5 Å². The average molecular weight is 330 g/mol. The molecule has 1 amide bonds. The van der Waals surface area contributed by atoms with Crippen LogP contribution in [-0.4, -0.2) is 22.8 Å². The maximum absolute atomic E-state index is 12.2. The summed E-state index contributed by atoms with van der Waals surface area (Å²) in [5.41, 5.74) is 1.19. The molecule has 1 aromatic carbocycles. The zero-order valence-corrected chi connectivity index (χ0v) is 12.9. The molecule has 0 unspecified atom stereocenters. The Morgan fingerprint density at radius 1 is 1.15 bits per heavy atom. The van der Waals surface area contributed by atoms with Gasteiger partial charge in [0.1, 0.15) is 5.69 Å². The Labute approximate surface area is 132 Å². The van der Waals surface area contributed by atoms with Crippen LogP contribution in [0.2, 0.25) is 15.1 Å². The van der Waals surface area contributed by atoms with Crippen molar-refractivity contribution >= 4 is 40.7 Å². The van der Waals surface area contributed by atoms with Crippen molar-refractivity contribution in [1.29, 1.82) is 0 Å². The van der Waals surface area contributed by atoms with Gasteiger partial charge in [0.25, 0.3) is 5.91 Å². The van der Waals surface area contributed by atoms with Gasteiger partial charge in [-0.05, 0) is 29.8 Å². The molecule has 1 heterocycles. The summed E-state index contributed by atoms with van der Waals surface area (Å²) in [4.78, 5) is 17.7. The number of hydrogen-bond donors (Lipinski definition) is 0. The Morgan fingerprint density at radius 3 is 2.55 bits per heavy atom. The summed E-state index contributed by atoms with van der Waals surface area (Å²) in [6.45, 7) is 0.407. The lowest BCUT2D eigenvalue weighted by Gasteiger charge is -2.17. The van der Waals surface area contributed by atoms with E-state index >= 15 is 0 Å². The second-order valence-electron chi connectivity index (χ2n) is 4.27. The molecule has 0 atom stereocenters. The van der Waals surface area contributed by atoms with Crippen molar-refractivity contribution in [3.8, 4) is 0 Å². The summed E-state index contributed by atoms with van der Waals surface area (Å²) < 4.78 is 0. The largest absolute Gasteiger partial charge is 0.336 e. The molecule has 1 aromatic heterocycles. The van der Waals surface area contributed by atoms with Gasteiger partial charge in [-0.1, -0.05) is 40.9 Å². The number of benzene rings is 1. The van der Waals surface area contributed by atoms with Gasteiger partial charge in [0, 0.05) is 24.8 Å². The van der Waals surface area contributed by atoms with Crippen LogP contribution < -0.4 is 0 Å². The highest BCUT2D eigenvalue weighted by atomic mass is 35.5. The number of amides is 1. The van der Waals surface area contributed by atoms with E-state index in [9.17, 15) is 4.79 Å². The second-order valence-corrected chi connectivity index (χ2v) is 5.52. The van der Waals surface area contributed by atoms with Crippen molar-refractivity contribution in [3.05, 3.63) is 62.9 Å². The van der Waals surface area contributed by atoms with E-state index in [-0.39, 0.29) is 5.91 Å². The molecular weight excluding hydrogens is 319 g/mol. The fourth-order valence-electron chi connectivity index (χ4n) is 1.70. The highest BCUT2D eigenvalue weighted by Crippen LogP contribution is 2.23. The standard InChI is InChI=1S/C14H11Cl3N2O/c1-19(8-9-2-3-11(16)12(17)6-9)14(20)13-7-10(15)4-5-18-13/h2-7H,8H2,1H3. The summed E-state index contributed by atoms with van der Waals surface area (Å²) in [5.74, 6) is -0.210. The van der Waals surface area contributed by atoms with E-state index in [1.807, 2.05) is 6.07 Å². The highest BCUT2D eigenvalue weighted by Gasteiger charge is 2.14. The van der Waals surface area contributed by atoms with E-state index in [2.05, 4.69) is 4.98 Å². The zero-order chi connectivity index (χ0) is 14.7. The van der Waals surface area contributed by atoms with Crippen LogP contribution in [0.25, 0.3) is 0 Å². The topological polar surface area (TPSA) is 33.2 Å². The van der Waals surface area contributed by atoms with Crippen LogP contribution in [0.3, 0.4) is 0 Å². The lowest BCUT2D eigenvalue weighted by Crippen LogP contribution is -2.26. The molecule has 0 radical (unpaired) electrons. The van der Waals surface area contributed by atoms with Gasteiger partial charge in [0.15, 0.2) is 0 Å². The predicted molar refractivity (Wildman–Crippen MR) is 81.5 cm³/mol. The van der Waals surface area contributed by atoms with Crippen LogP contribution in [-0.2, 0) is 6.54 Å². The number of rotatable bonds is 3. The van der Waals surface area contributed by atoms with Crippen LogP contribution >= 0.6 is 34.8 Å². The zero-order valence-electron chi connectivity index (χ0n) is 10.6. The molecule has 0 saturated carbocycles. The summed E-state index contributed by atoms with van der Waals surface area (Å²) in [7, 11) is 1.69. The molecule has 0 fully saturated rings. The van der Waals surface area contributed by atoms with E-state index < -0.39 is 0 Å². The van der Waals surface area contributed by atoms with Crippen molar-refractivity contribution in [2.75, 3.05) is 7.05 Å². The Bertz CT molecular complexity index is 646. The maximum Gasteiger partial charge on any atom is 0.272 e. The molecule has 2 rings (SSSR count). The van der Waals surface area contributed by atoms with Crippen LogP contribution in [0.5, 0.6) is 0 Å². The minimum atomic E-state index is -0.210. The number of nitrogens with zero attached hydrogens (tertiary/aromatic N) is 2. The molecule has 3 nitrogen and oxygen atoms in total. The fourth-order valence-corrected chi connectivity index (χ4v) is 2.18. The van der Waals surface area contributed by atoms with E-state index in [0.29, 0.717) is 27.3 Å². The first-order chi connectivity index (χ1) is 9.47. The highest BCUT2D eigenvalue weighted by molar-refractivity contribution is 6.42. The van der Waals surface area contributed by atoms with Crippen molar-refractivity contribution < 1.29 is 4.79 Å². The molecule has 0 aliphatic rings. The third kappa shape index (κ3) is 3.63. The summed E-state index contributed by atoms with van der Waals surface area (Å²) in [6.07, 6.45) is 1.50. The van der Waals surface area contributed by atoms with Gasteiger partial charge in [-0.25, -0.2) is 0 Å². The van der Waals surface area contributed by atoms with Gasteiger partial charge < -0.3 is 4.90 Å². The molecule has 2 aromatic rings. The van der Waals surface area contributed by atoms with Crippen molar-refractivity contribution in [2.45, 2.75) is 6.54 Å². The molecule has 0 bridgehead atoms. The van der Waals surface area contributed by atoms with Crippen molar-refractivity contribution in [2.24, 2.45) is 0 Å². The first kappa shape index (κ1) is 15.1. The Hall–Kier alpha value is -1.29. The van der Waals surface area contributed by atoms with Gasteiger partial charge in [0.05, 0.1) is 10.0 Å². The summed E-state index contributed by atoms with van der Waals surface area (Å²) in [5, 5.41) is 1.43. The minimum Gasteiger partial charge on any atom is -0.336 e. The number of hydrogen-bond acceptors (Lipinski definition) is 2. The lowest BCUT2D eigenvalue weighted by molar-refractivity contribution is 0.0779. The van der Waals surface area contributed by atoms with E-state index in [1.54, 1.807) is 25.2 Å². The molecule has 0 saturated heterocycles. The number of pyridine rings is 1. The van der Waals surface area contributed by atoms with Crippen LogP contribution in [0, 0.1) is 0 Å². The molecule has 6 heteroatoms. The third-order valence-electron chi connectivity index (χ3n) is 2.69. The molecule has 20 heavy (non-hydrogen) atoms. The normalized spacial score (nSPS) is 10.4. The van der Waals surface area contributed by atoms with E-state index in [0.717, 1.165) is 5.56 Å². The average Bonchev–Trinajstić information content (AvgIpc) is 2.42. The smallest absolute Gasteiger partial charge is 0.272 e. The Kier molecular flexibility index (Phi) is 4.86. The molecule has 0 aliphatic carbocycles. The van der Waals surface area contributed by atoms with Crippen molar-refractivity contribution in [1.82, 2.24) is 9.88 Å². The monoisotopic (exact) mass is 328 g/mol. The van der Waals surface area contributed by atoms with E-state index in [4.69, 9.17) is 34.8 Å². The number of carbonyl (C=O) groups excluding carboxylic acids is 1. The van der Waals surface area contributed by atoms with Crippen molar-refractivity contribution in [3.63, 3.8) is 0 Å². The summed E-state index contributed by atoms with van der Waals surface area (Å²) >= 11 is 17.7. The third-order valence-corrected chi connectivity index (χ3v) is 3.67. The molecule has 0 spiro atoms. The molecular formula is C14H11Cl3N2O. The quantitative estimate of drug-likeness (QED) is 0.840. The van der Waals surface area contributed by atoms with Crippen LogP contribution in [0.1, 0.15) is 16.1 Å².